The number of carbonyl (C=O) groups excluding carboxylic acids is 1. The van der Waals surface area contributed by atoms with Crippen molar-refractivity contribution in [3.63, 3.8) is 0 Å². The molecule has 31 heavy (non-hydrogen) atoms. The van der Waals surface area contributed by atoms with Crippen molar-refractivity contribution < 1.29 is 33.6 Å². The standard InChI is InChI=1S/C23H25NO7/c1-12-8-15(14-6-5-7-17(28-3)21(14)29-4)22-20-16(12)11-30-10-13(2)24(20)23(27)18(31-22)9-19(25)26/h5-8,11,13,15,18H,9-10H2,1-4H3,(H,25,26)/t13-,15+,18-/m1/s1. The van der Waals surface area contributed by atoms with Crippen LogP contribution in [0.25, 0.3) is 0 Å². The number of aliphatic carboxylic acids is 1. The number of allylic oxidation sites excluding steroid dienone is 2. The molecule has 3 atom stereocenters. The van der Waals surface area contributed by atoms with E-state index in [1.54, 1.807) is 31.4 Å². The number of methoxy groups -OCH3 is 2. The van der Waals surface area contributed by atoms with Crippen molar-refractivity contribution in [2.45, 2.75) is 38.3 Å². The highest BCUT2D eigenvalue weighted by molar-refractivity contribution is 5.89. The lowest BCUT2D eigenvalue weighted by Crippen LogP contribution is -2.51. The van der Waals surface area contributed by atoms with Gasteiger partial charge in [0, 0.05) is 11.1 Å². The van der Waals surface area contributed by atoms with Crippen molar-refractivity contribution >= 4 is 11.9 Å². The van der Waals surface area contributed by atoms with Gasteiger partial charge in [0.25, 0.3) is 5.91 Å². The van der Waals surface area contributed by atoms with E-state index in [4.69, 9.17) is 18.9 Å². The van der Waals surface area contributed by atoms with E-state index in [0.717, 1.165) is 16.7 Å². The molecule has 0 spiro atoms. The Kier molecular flexibility index (Phi) is 5.39. The van der Waals surface area contributed by atoms with Gasteiger partial charge in [0.05, 0.1) is 44.6 Å². The summed E-state index contributed by atoms with van der Waals surface area (Å²) >= 11 is 0. The maximum Gasteiger partial charge on any atom is 0.307 e. The number of rotatable bonds is 5. The van der Waals surface area contributed by atoms with Gasteiger partial charge in [0.1, 0.15) is 12.4 Å². The van der Waals surface area contributed by atoms with E-state index in [9.17, 15) is 14.7 Å². The average molecular weight is 427 g/mol. The number of para-hydroxylation sites is 1. The molecule has 0 bridgehead atoms. The van der Waals surface area contributed by atoms with Gasteiger partial charge < -0.3 is 24.1 Å². The summed E-state index contributed by atoms with van der Waals surface area (Å²) in [6.07, 6.45) is 2.10. The van der Waals surface area contributed by atoms with Crippen LogP contribution in [0.5, 0.6) is 11.5 Å². The van der Waals surface area contributed by atoms with Crippen molar-refractivity contribution in [3.05, 3.63) is 58.7 Å². The number of amides is 1. The Balaban J connectivity index is 1.93. The van der Waals surface area contributed by atoms with Crippen LogP contribution < -0.4 is 9.47 Å². The van der Waals surface area contributed by atoms with E-state index in [1.165, 1.54) is 0 Å². The molecule has 2 aliphatic heterocycles. The maximum absolute atomic E-state index is 13.2. The van der Waals surface area contributed by atoms with Gasteiger partial charge in [-0.25, -0.2) is 0 Å². The molecule has 1 amide bonds. The zero-order valence-electron chi connectivity index (χ0n) is 17.9. The van der Waals surface area contributed by atoms with Gasteiger partial charge in [-0.15, -0.1) is 0 Å². The molecule has 1 aliphatic carbocycles. The predicted molar refractivity (Wildman–Crippen MR) is 111 cm³/mol. The van der Waals surface area contributed by atoms with Crippen LogP contribution in [-0.4, -0.2) is 54.9 Å². The van der Waals surface area contributed by atoms with Crippen LogP contribution in [-0.2, 0) is 19.1 Å². The minimum Gasteiger partial charge on any atom is -0.498 e. The smallest absolute Gasteiger partial charge is 0.307 e. The molecule has 164 valence electrons. The predicted octanol–water partition coefficient (Wildman–Crippen LogP) is 2.96. The third-order valence-corrected chi connectivity index (χ3v) is 5.74. The Labute approximate surface area is 180 Å². The molecule has 1 N–H and O–H groups in total. The fourth-order valence-electron chi connectivity index (χ4n) is 4.34. The highest BCUT2D eigenvalue weighted by Gasteiger charge is 2.46. The molecule has 8 heteroatoms. The lowest BCUT2D eigenvalue weighted by Gasteiger charge is -2.42. The molecule has 2 heterocycles. The number of ether oxygens (including phenoxy) is 4. The summed E-state index contributed by atoms with van der Waals surface area (Å²) in [5.74, 6) is -0.243. The first-order valence-electron chi connectivity index (χ1n) is 10.0. The van der Waals surface area contributed by atoms with Crippen LogP contribution in [0.4, 0.5) is 0 Å². The van der Waals surface area contributed by atoms with Crippen molar-refractivity contribution in [1.29, 1.82) is 0 Å². The van der Waals surface area contributed by atoms with E-state index >= 15 is 0 Å². The van der Waals surface area contributed by atoms with Crippen molar-refractivity contribution in [3.8, 4) is 11.5 Å². The molecule has 0 unspecified atom stereocenters. The number of hydrogen-bond donors (Lipinski definition) is 1. The summed E-state index contributed by atoms with van der Waals surface area (Å²) in [5, 5.41) is 9.35. The molecule has 0 aromatic heterocycles. The molecule has 1 aromatic carbocycles. The molecule has 0 fully saturated rings. The Bertz CT molecular complexity index is 1020. The second kappa shape index (κ2) is 8.02. The van der Waals surface area contributed by atoms with Gasteiger partial charge in [0.2, 0.25) is 0 Å². The van der Waals surface area contributed by atoms with E-state index in [2.05, 4.69) is 0 Å². The first-order valence-corrected chi connectivity index (χ1v) is 10.0. The topological polar surface area (TPSA) is 94.5 Å². The highest BCUT2D eigenvalue weighted by Crippen LogP contribution is 2.48. The maximum atomic E-state index is 13.2. The molecular formula is C23H25NO7. The van der Waals surface area contributed by atoms with E-state index in [-0.39, 0.29) is 11.9 Å². The number of benzene rings is 1. The fourth-order valence-corrected chi connectivity index (χ4v) is 4.34. The Hall–Kier alpha value is -3.42. The van der Waals surface area contributed by atoms with Gasteiger partial charge in [-0.3, -0.25) is 14.5 Å². The molecule has 4 rings (SSSR count). The number of nitrogens with zero attached hydrogens (tertiary/aromatic N) is 1. The first-order chi connectivity index (χ1) is 14.9. The Morgan fingerprint density at radius 2 is 2.06 bits per heavy atom. The summed E-state index contributed by atoms with van der Waals surface area (Å²) in [6.45, 7) is 4.12. The van der Waals surface area contributed by atoms with Crippen molar-refractivity contribution in [2.24, 2.45) is 0 Å². The van der Waals surface area contributed by atoms with Gasteiger partial charge >= 0.3 is 5.97 Å². The number of hydrogen-bond acceptors (Lipinski definition) is 6. The zero-order valence-corrected chi connectivity index (χ0v) is 17.9. The van der Waals surface area contributed by atoms with Crippen LogP contribution >= 0.6 is 0 Å². The first kappa shape index (κ1) is 20.8. The van der Waals surface area contributed by atoms with Gasteiger partial charge in [-0.05, 0) is 25.5 Å². The van der Waals surface area contributed by atoms with Gasteiger partial charge in [0.15, 0.2) is 17.6 Å². The zero-order chi connectivity index (χ0) is 22.3. The van der Waals surface area contributed by atoms with Crippen molar-refractivity contribution in [1.82, 2.24) is 4.90 Å². The van der Waals surface area contributed by atoms with E-state index in [0.29, 0.717) is 29.6 Å². The molecule has 0 saturated carbocycles. The molecule has 0 saturated heterocycles. The molecule has 8 nitrogen and oxygen atoms in total. The molecule has 3 aliphatic rings. The Morgan fingerprint density at radius 3 is 2.74 bits per heavy atom. The van der Waals surface area contributed by atoms with Gasteiger partial charge in [-0.1, -0.05) is 18.2 Å². The van der Waals surface area contributed by atoms with Crippen molar-refractivity contribution in [2.75, 3.05) is 20.8 Å². The van der Waals surface area contributed by atoms with Crippen LogP contribution in [0.3, 0.4) is 0 Å². The molecule has 0 radical (unpaired) electrons. The lowest BCUT2D eigenvalue weighted by atomic mass is 9.83. The fraction of sp³-hybridized carbons (Fsp3) is 0.391. The monoisotopic (exact) mass is 427 g/mol. The largest absolute Gasteiger partial charge is 0.498 e. The van der Waals surface area contributed by atoms with Crippen LogP contribution in [0, 0.1) is 0 Å². The minimum atomic E-state index is -1.12. The summed E-state index contributed by atoms with van der Waals surface area (Å²) in [5.41, 5.74) is 3.08. The quantitative estimate of drug-likeness (QED) is 0.772. The van der Waals surface area contributed by atoms with Gasteiger partial charge in [-0.2, -0.15) is 0 Å². The van der Waals surface area contributed by atoms with Crippen LogP contribution in [0.15, 0.2) is 53.1 Å². The minimum absolute atomic E-state index is 0.287. The molecule has 1 aromatic rings. The summed E-state index contributed by atoms with van der Waals surface area (Å²) in [6, 6.07) is 5.28. The number of carboxylic acid groups (broad SMARTS) is 1. The number of carboxylic acids is 1. The van der Waals surface area contributed by atoms with E-state index in [1.807, 2.05) is 32.1 Å². The third-order valence-electron chi connectivity index (χ3n) is 5.74. The second-order valence-electron chi connectivity index (χ2n) is 7.75. The lowest BCUT2D eigenvalue weighted by molar-refractivity contribution is -0.153. The van der Waals surface area contributed by atoms with E-state index < -0.39 is 24.4 Å². The molecular weight excluding hydrogens is 402 g/mol. The average Bonchev–Trinajstić information content (AvgIpc) is 2.92. The second-order valence-corrected chi connectivity index (χ2v) is 7.75. The summed E-state index contributed by atoms with van der Waals surface area (Å²) in [7, 11) is 3.13. The number of carbonyl (C=O) groups is 2. The van der Waals surface area contributed by atoms with Crippen LogP contribution in [0.2, 0.25) is 0 Å². The normalized spacial score (nSPS) is 24.8. The third kappa shape index (κ3) is 3.41. The summed E-state index contributed by atoms with van der Waals surface area (Å²) in [4.78, 5) is 26.3. The Morgan fingerprint density at radius 1 is 1.29 bits per heavy atom. The SMILES string of the molecule is COc1cccc([C@@H]2C=C(C)C3=COC[C@@H](C)N4C(=O)[C@@H](CC(=O)O)OC2=C34)c1OC. The summed E-state index contributed by atoms with van der Waals surface area (Å²) < 4.78 is 22.9. The van der Waals surface area contributed by atoms with Crippen LogP contribution in [0.1, 0.15) is 31.7 Å². The highest BCUT2D eigenvalue weighted by atomic mass is 16.5.